The lowest BCUT2D eigenvalue weighted by Crippen LogP contribution is -2.31. The van der Waals surface area contributed by atoms with Gasteiger partial charge in [-0.1, -0.05) is 52.3 Å². The highest BCUT2D eigenvalue weighted by molar-refractivity contribution is 9.10. The number of rotatable bonds is 3. The number of halogens is 1. The summed E-state index contributed by atoms with van der Waals surface area (Å²) in [4.78, 5) is 13.8. The van der Waals surface area contributed by atoms with Crippen LogP contribution in [-0.2, 0) is 6.54 Å². The van der Waals surface area contributed by atoms with Gasteiger partial charge in [-0.25, -0.2) is 4.79 Å². The molecule has 0 saturated carbocycles. The van der Waals surface area contributed by atoms with Crippen molar-refractivity contribution in [3.05, 3.63) is 64.1 Å². The van der Waals surface area contributed by atoms with Gasteiger partial charge in [0.15, 0.2) is 0 Å². The molecule has 0 aliphatic heterocycles. The third-order valence-electron chi connectivity index (χ3n) is 3.05. The molecule has 0 radical (unpaired) electrons. The fourth-order valence-electron chi connectivity index (χ4n) is 1.87. The van der Waals surface area contributed by atoms with E-state index in [4.69, 9.17) is 0 Å². The molecule has 0 aliphatic rings. The fourth-order valence-corrected chi connectivity index (χ4v) is 2.23. The Kier molecular flexibility index (Phi) is 4.79. The Morgan fingerprint density at radius 3 is 2.60 bits per heavy atom. The van der Waals surface area contributed by atoms with Crippen molar-refractivity contribution in [3.8, 4) is 0 Å². The summed E-state index contributed by atoms with van der Waals surface area (Å²) in [5.74, 6) is 0. The molecule has 3 nitrogen and oxygen atoms in total. The van der Waals surface area contributed by atoms with Crippen molar-refractivity contribution in [1.29, 1.82) is 0 Å². The zero-order chi connectivity index (χ0) is 14.5. The van der Waals surface area contributed by atoms with E-state index in [0.717, 1.165) is 21.3 Å². The maximum atomic E-state index is 12.2. The van der Waals surface area contributed by atoms with Gasteiger partial charge in [-0.3, -0.25) is 0 Å². The van der Waals surface area contributed by atoms with Gasteiger partial charge >= 0.3 is 6.03 Å². The number of carbonyl (C=O) groups excluding carboxylic acids is 1. The second-order valence-electron chi connectivity index (χ2n) is 4.73. The van der Waals surface area contributed by atoms with Gasteiger partial charge < -0.3 is 10.2 Å². The van der Waals surface area contributed by atoms with Gasteiger partial charge in [0.25, 0.3) is 0 Å². The van der Waals surface area contributed by atoms with Gasteiger partial charge in [0.05, 0.1) is 0 Å². The summed E-state index contributed by atoms with van der Waals surface area (Å²) in [5.41, 5.74) is 2.97. The molecule has 0 aromatic heterocycles. The van der Waals surface area contributed by atoms with Crippen molar-refractivity contribution < 1.29 is 4.79 Å². The molecule has 20 heavy (non-hydrogen) atoms. The van der Waals surface area contributed by atoms with Crippen LogP contribution in [0.2, 0.25) is 0 Å². The molecule has 0 heterocycles. The molecule has 0 aliphatic carbocycles. The predicted octanol–water partition coefficient (Wildman–Crippen LogP) is 4.42. The van der Waals surface area contributed by atoms with E-state index in [1.165, 1.54) is 0 Å². The number of nitrogens with zero attached hydrogens (tertiary/aromatic N) is 1. The predicted molar refractivity (Wildman–Crippen MR) is 85.8 cm³/mol. The lowest BCUT2D eigenvalue weighted by Gasteiger charge is -2.19. The minimum Gasteiger partial charge on any atom is -0.323 e. The van der Waals surface area contributed by atoms with E-state index >= 15 is 0 Å². The molecule has 2 aromatic carbocycles. The molecule has 4 heteroatoms. The first-order chi connectivity index (χ1) is 9.56. The Bertz CT molecular complexity index is 599. The van der Waals surface area contributed by atoms with Crippen molar-refractivity contribution in [2.24, 2.45) is 0 Å². The minimum atomic E-state index is -0.116. The number of nitrogens with one attached hydrogen (secondary N) is 1. The van der Waals surface area contributed by atoms with Crippen molar-refractivity contribution >= 4 is 27.6 Å². The van der Waals surface area contributed by atoms with E-state index in [-0.39, 0.29) is 6.03 Å². The second kappa shape index (κ2) is 6.57. The number of benzene rings is 2. The molecule has 0 fully saturated rings. The van der Waals surface area contributed by atoms with Gasteiger partial charge in [-0.05, 0) is 30.2 Å². The normalized spacial score (nSPS) is 10.2. The summed E-state index contributed by atoms with van der Waals surface area (Å²) in [5, 5.41) is 2.93. The summed E-state index contributed by atoms with van der Waals surface area (Å²) in [6.45, 7) is 2.55. The van der Waals surface area contributed by atoms with E-state index in [2.05, 4.69) is 21.2 Å². The second-order valence-corrected chi connectivity index (χ2v) is 5.65. The topological polar surface area (TPSA) is 32.3 Å². The van der Waals surface area contributed by atoms with Crippen molar-refractivity contribution in [1.82, 2.24) is 4.90 Å². The number of aryl methyl sites for hydroxylation is 1. The molecule has 104 valence electrons. The standard InChI is InChI=1S/C16H17BrN2O/c1-12-8-9-14(17)10-15(12)18-16(20)19(2)11-13-6-4-3-5-7-13/h3-10H,11H2,1-2H3,(H,18,20). The molecule has 0 saturated heterocycles. The Balaban J connectivity index is 2.02. The lowest BCUT2D eigenvalue weighted by molar-refractivity contribution is 0.220. The largest absolute Gasteiger partial charge is 0.323 e. The first-order valence-corrected chi connectivity index (χ1v) is 7.18. The lowest BCUT2D eigenvalue weighted by atomic mass is 10.2. The molecule has 0 spiro atoms. The Labute approximate surface area is 127 Å². The molecule has 2 aromatic rings. The molecule has 0 atom stereocenters. The Morgan fingerprint density at radius 2 is 1.90 bits per heavy atom. The van der Waals surface area contributed by atoms with Crippen molar-refractivity contribution in [3.63, 3.8) is 0 Å². The zero-order valence-corrected chi connectivity index (χ0v) is 13.1. The summed E-state index contributed by atoms with van der Waals surface area (Å²) in [7, 11) is 1.79. The Hall–Kier alpha value is -1.81. The summed E-state index contributed by atoms with van der Waals surface area (Å²) >= 11 is 3.41. The maximum absolute atomic E-state index is 12.2. The first kappa shape index (κ1) is 14.6. The van der Waals surface area contributed by atoms with Crippen LogP contribution in [0.1, 0.15) is 11.1 Å². The quantitative estimate of drug-likeness (QED) is 0.886. The van der Waals surface area contributed by atoms with Crippen LogP contribution in [0.4, 0.5) is 10.5 Å². The summed E-state index contributed by atoms with van der Waals surface area (Å²) < 4.78 is 0.948. The number of carbonyl (C=O) groups is 1. The molecule has 1 N–H and O–H groups in total. The summed E-state index contributed by atoms with van der Waals surface area (Å²) in [6, 6.07) is 15.6. The number of amides is 2. The van der Waals surface area contributed by atoms with E-state index in [1.807, 2.05) is 55.5 Å². The Morgan fingerprint density at radius 1 is 1.20 bits per heavy atom. The first-order valence-electron chi connectivity index (χ1n) is 6.38. The molecular formula is C16H17BrN2O. The number of hydrogen-bond donors (Lipinski definition) is 1. The summed E-state index contributed by atoms with van der Waals surface area (Å²) in [6.07, 6.45) is 0. The average molecular weight is 333 g/mol. The van der Waals surface area contributed by atoms with Crippen LogP contribution in [0.5, 0.6) is 0 Å². The van der Waals surface area contributed by atoms with E-state index in [9.17, 15) is 4.79 Å². The van der Waals surface area contributed by atoms with Crippen LogP contribution in [0.15, 0.2) is 53.0 Å². The van der Waals surface area contributed by atoms with Crippen LogP contribution in [0.25, 0.3) is 0 Å². The van der Waals surface area contributed by atoms with E-state index in [0.29, 0.717) is 6.54 Å². The minimum absolute atomic E-state index is 0.116. The number of anilines is 1. The van der Waals surface area contributed by atoms with Gasteiger partial charge in [0.2, 0.25) is 0 Å². The van der Waals surface area contributed by atoms with Gasteiger partial charge in [-0.15, -0.1) is 0 Å². The van der Waals surface area contributed by atoms with E-state index < -0.39 is 0 Å². The van der Waals surface area contributed by atoms with Crippen LogP contribution < -0.4 is 5.32 Å². The molecule has 0 bridgehead atoms. The number of urea groups is 1. The van der Waals surface area contributed by atoms with Crippen LogP contribution in [0.3, 0.4) is 0 Å². The van der Waals surface area contributed by atoms with Crippen molar-refractivity contribution in [2.75, 3.05) is 12.4 Å². The highest BCUT2D eigenvalue weighted by Gasteiger charge is 2.10. The van der Waals surface area contributed by atoms with Crippen LogP contribution >= 0.6 is 15.9 Å². The van der Waals surface area contributed by atoms with Gasteiger partial charge in [0, 0.05) is 23.8 Å². The molecule has 0 unspecified atom stereocenters. The van der Waals surface area contributed by atoms with E-state index in [1.54, 1.807) is 11.9 Å². The van der Waals surface area contributed by atoms with Crippen molar-refractivity contribution in [2.45, 2.75) is 13.5 Å². The van der Waals surface area contributed by atoms with Gasteiger partial charge in [0.1, 0.15) is 0 Å². The molecule has 2 amide bonds. The zero-order valence-electron chi connectivity index (χ0n) is 11.6. The highest BCUT2D eigenvalue weighted by Crippen LogP contribution is 2.21. The third-order valence-corrected chi connectivity index (χ3v) is 3.54. The fraction of sp³-hybridized carbons (Fsp3) is 0.188. The van der Waals surface area contributed by atoms with Gasteiger partial charge in [-0.2, -0.15) is 0 Å². The molecule has 2 rings (SSSR count). The molecular weight excluding hydrogens is 316 g/mol. The number of hydrogen-bond acceptors (Lipinski definition) is 1. The maximum Gasteiger partial charge on any atom is 0.321 e. The third kappa shape index (κ3) is 3.84. The highest BCUT2D eigenvalue weighted by atomic mass is 79.9. The smallest absolute Gasteiger partial charge is 0.321 e. The van der Waals surface area contributed by atoms with Crippen LogP contribution in [0, 0.1) is 6.92 Å². The monoisotopic (exact) mass is 332 g/mol. The van der Waals surface area contributed by atoms with Crippen LogP contribution in [-0.4, -0.2) is 18.0 Å². The SMILES string of the molecule is Cc1ccc(Br)cc1NC(=O)N(C)Cc1ccccc1. The average Bonchev–Trinajstić information content (AvgIpc) is 2.44.